The number of rotatable bonds is 6. The summed E-state index contributed by atoms with van der Waals surface area (Å²) in [5, 5.41) is 19.5. The van der Waals surface area contributed by atoms with E-state index in [0.717, 1.165) is 0 Å². The smallest absolute Gasteiger partial charge is 0.274 e. The molecule has 2 heterocycles. The van der Waals surface area contributed by atoms with Gasteiger partial charge >= 0.3 is 0 Å². The van der Waals surface area contributed by atoms with Gasteiger partial charge in [-0.25, -0.2) is 9.67 Å². The van der Waals surface area contributed by atoms with Crippen LogP contribution in [0.4, 0.5) is 5.69 Å². The number of halogens is 3. The Kier molecular flexibility index (Phi) is 7.42. The lowest BCUT2D eigenvalue weighted by atomic mass is 10.00. The first-order chi connectivity index (χ1) is 15.5. The van der Waals surface area contributed by atoms with E-state index in [4.69, 9.17) is 28.5 Å². The van der Waals surface area contributed by atoms with E-state index >= 15 is 0 Å². The van der Waals surface area contributed by atoms with E-state index in [9.17, 15) is 9.59 Å². The molecule has 8 nitrogen and oxygen atoms in total. The van der Waals surface area contributed by atoms with E-state index in [1.807, 2.05) is 6.07 Å². The van der Waals surface area contributed by atoms with Gasteiger partial charge in [-0.2, -0.15) is 10.4 Å². The second kappa shape index (κ2) is 9.91. The van der Waals surface area contributed by atoms with Gasteiger partial charge in [0.05, 0.1) is 28.8 Å². The molecule has 2 N–H and O–H groups in total. The first-order valence-electron chi connectivity index (χ1n) is 9.70. The van der Waals surface area contributed by atoms with E-state index < -0.39 is 17.4 Å². The number of amides is 2. The third-order valence-electron chi connectivity index (χ3n) is 4.61. The molecule has 33 heavy (non-hydrogen) atoms. The standard InChI is InChI=1S/C22H19BrCl2N6O2/c1-12-9-13(24)10-14(20(32)29-22(2,3)6-7-26)18(12)28-21(33)16-11-17(23)30-31(16)19-15(25)5-4-8-27-19/h4-5,8-11H,6H2,1-3H3,(H,28,33)(H,29,32). The number of aromatic nitrogens is 3. The monoisotopic (exact) mass is 548 g/mol. The molecule has 2 aromatic heterocycles. The molecule has 170 valence electrons. The van der Waals surface area contributed by atoms with Gasteiger partial charge in [-0.3, -0.25) is 9.59 Å². The van der Waals surface area contributed by atoms with Crippen molar-refractivity contribution in [3.63, 3.8) is 0 Å². The SMILES string of the molecule is Cc1cc(Cl)cc(C(=O)NC(C)(C)CC#N)c1NC(=O)c1cc(Br)nn1-c1ncccc1Cl. The molecule has 0 unspecified atom stereocenters. The van der Waals surface area contributed by atoms with Crippen molar-refractivity contribution in [2.75, 3.05) is 5.32 Å². The molecular weight excluding hydrogens is 531 g/mol. The highest BCUT2D eigenvalue weighted by molar-refractivity contribution is 9.10. The Balaban J connectivity index is 2.00. The van der Waals surface area contributed by atoms with E-state index in [1.54, 1.807) is 39.0 Å². The molecule has 0 spiro atoms. The second-order valence-corrected chi connectivity index (χ2v) is 9.50. The maximum Gasteiger partial charge on any atom is 0.274 e. The number of nitriles is 1. The van der Waals surface area contributed by atoms with Crippen LogP contribution in [0.2, 0.25) is 10.0 Å². The van der Waals surface area contributed by atoms with Crippen LogP contribution in [0.25, 0.3) is 5.82 Å². The van der Waals surface area contributed by atoms with Crippen molar-refractivity contribution in [2.24, 2.45) is 0 Å². The van der Waals surface area contributed by atoms with Gasteiger partial charge in [0, 0.05) is 22.8 Å². The number of nitrogens with zero attached hydrogens (tertiary/aromatic N) is 4. The minimum Gasteiger partial charge on any atom is -0.346 e. The number of hydrogen-bond donors (Lipinski definition) is 2. The number of carbonyl (C=O) groups is 2. The lowest BCUT2D eigenvalue weighted by Gasteiger charge is -2.24. The predicted molar refractivity (Wildman–Crippen MR) is 130 cm³/mol. The summed E-state index contributed by atoms with van der Waals surface area (Å²) < 4.78 is 1.71. The third-order valence-corrected chi connectivity index (χ3v) is 5.51. The Labute approximate surface area is 209 Å². The fraction of sp³-hybridized carbons (Fsp3) is 0.227. The van der Waals surface area contributed by atoms with Crippen LogP contribution in [-0.2, 0) is 0 Å². The van der Waals surface area contributed by atoms with Gasteiger partial charge in [-0.15, -0.1) is 0 Å². The number of hydrogen-bond acceptors (Lipinski definition) is 5. The molecule has 0 aliphatic rings. The quantitative estimate of drug-likeness (QED) is 0.432. The fourth-order valence-electron chi connectivity index (χ4n) is 3.09. The number of benzene rings is 1. The van der Waals surface area contributed by atoms with Crippen LogP contribution < -0.4 is 10.6 Å². The Morgan fingerprint density at radius 1 is 1.24 bits per heavy atom. The Hall–Kier alpha value is -2.93. The van der Waals surface area contributed by atoms with Crippen LogP contribution in [0.3, 0.4) is 0 Å². The number of nitrogens with one attached hydrogen (secondary N) is 2. The number of aryl methyl sites for hydroxylation is 1. The first-order valence-corrected chi connectivity index (χ1v) is 11.2. The number of pyridine rings is 1. The zero-order valence-electron chi connectivity index (χ0n) is 17.9. The lowest BCUT2D eigenvalue weighted by molar-refractivity contribution is 0.0915. The first kappa shape index (κ1) is 24.7. The van der Waals surface area contributed by atoms with Gasteiger partial charge in [-0.1, -0.05) is 23.2 Å². The maximum absolute atomic E-state index is 13.3. The summed E-state index contributed by atoms with van der Waals surface area (Å²) in [6, 6.07) is 9.96. The molecule has 0 radical (unpaired) electrons. The molecule has 3 aromatic rings. The molecular formula is C22H19BrCl2N6O2. The van der Waals surface area contributed by atoms with Crippen molar-refractivity contribution in [3.8, 4) is 11.9 Å². The van der Waals surface area contributed by atoms with E-state index in [2.05, 4.69) is 36.6 Å². The average molecular weight is 550 g/mol. The summed E-state index contributed by atoms with van der Waals surface area (Å²) in [7, 11) is 0. The van der Waals surface area contributed by atoms with E-state index in [1.165, 1.54) is 23.0 Å². The normalized spacial score (nSPS) is 11.1. The van der Waals surface area contributed by atoms with Crippen LogP contribution in [0, 0.1) is 18.3 Å². The summed E-state index contributed by atoms with van der Waals surface area (Å²) in [5.74, 6) is -0.733. The van der Waals surface area contributed by atoms with Gasteiger partial charge < -0.3 is 10.6 Å². The minimum absolute atomic E-state index is 0.109. The average Bonchev–Trinajstić information content (AvgIpc) is 3.11. The van der Waals surface area contributed by atoms with Crippen LogP contribution in [-0.4, -0.2) is 32.1 Å². The molecule has 3 rings (SSSR count). The Bertz CT molecular complexity index is 1280. The molecule has 11 heteroatoms. The van der Waals surface area contributed by atoms with Gasteiger partial charge in [-0.05, 0) is 66.5 Å². The van der Waals surface area contributed by atoms with Gasteiger partial charge in [0.2, 0.25) is 0 Å². The van der Waals surface area contributed by atoms with Crippen LogP contribution in [0.1, 0.15) is 46.7 Å². The molecule has 0 saturated heterocycles. The molecule has 1 aromatic carbocycles. The van der Waals surface area contributed by atoms with Gasteiger partial charge in [0.1, 0.15) is 10.3 Å². The highest BCUT2D eigenvalue weighted by Gasteiger charge is 2.26. The van der Waals surface area contributed by atoms with E-state index in [-0.39, 0.29) is 29.2 Å². The zero-order chi connectivity index (χ0) is 24.3. The van der Waals surface area contributed by atoms with Crippen LogP contribution in [0.5, 0.6) is 0 Å². The fourth-order valence-corrected chi connectivity index (χ4v) is 3.94. The highest BCUT2D eigenvalue weighted by Crippen LogP contribution is 2.28. The zero-order valence-corrected chi connectivity index (χ0v) is 21.0. The van der Waals surface area contributed by atoms with Crippen LogP contribution in [0.15, 0.2) is 41.1 Å². The molecule has 2 amide bonds. The molecule has 0 aliphatic heterocycles. The molecule has 0 fully saturated rings. The Morgan fingerprint density at radius 3 is 2.64 bits per heavy atom. The molecule has 0 aliphatic carbocycles. The maximum atomic E-state index is 13.3. The van der Waals surface area contributed by atoms with E-state index in [0.29, 0.717) is 20.2 Å². The largest absolute Gasteiger partial charge is 0.346 e. The summed E-state index contributed by atoms with van der Waals surface area (Å²) in [6.45, 7) is 5.19. The van der Waals surface area contributed by atoms with Crippen molar-refractivity contribution >= 4 is 56.6 Å². The van der Waals surface area contributed by atoms with Crippen molar-refractivity contribution < 1.29 is 9.59 Å². The molecule has 0 bridgehead atoms. The topological polar surface area (TPSA) is 113 Å². The summed E-state index contributed by atoms with van der Waals surface area (Å²) in [5.41, 5.74) is 0.404. The highest BCUT2D eigenvalue weighted by atomic mass is 79.9. The van der Waals surface area contributed by atoms with Crippen molar-refractivity contribution in [1.82, 2.24) is 20.1 Å². The number of carbonyl (C=O) groups excluding carboxylic acids is 2. The van der Waals surface area contributed by atoms with Gasteiger partial charge in [0.25, 0.3) is 11.8 Å². The predicted octanol–water partition coefficient (Wildman–Crippen LogP) is 5.32. The van der Waals surface area contributed by atoms with Crippen LogP contribution >= 0.6 is 39.1 Å². The van der Waals surface area contributed by atoms with Crippen molar-refractivity contribution in [2.45, 2.75) is 32.7 Å². The Morgan fingerprint density at radius 2 is 1.97 bits per heavy atom. The van der Waals surface area contributed by atoms with Crippen molar-refractivity contribution in [3.05, 3.63) is 68.0 Å². The van der Waals surface area contributed by atoms with Gasteiger partial charge in [0.15, 0.2) is 5.82 Å². The lowest BCUT2D eigenvalue weighted by Crippen LogP contribution is -2.43. The second-order valence-electron chi connectivity index (χ2n) is 7.85. The molecule has 0 atom stereocenters. The summed E-state index contributed by atoms with van der Waals surface area (Å²) >= 11 is 15.7. The minimum atomic E-state index is -0.775. The molecule has 0 saturated carbocycles. The summed E-state index contributed by atoms with van der Waals surface area (Å²) in [6.07, 6.45) is 1.64. The summed E-state index contributed by atoms with van der Waals surface area (Å²) in [4.78, 5) is 30.5. The van der Waals surface area contributed by atoms with Crippen molar-refractivity contribution in [1.29, 1.82) is 5.26 Å². The number of anilines is 1. The third kappa shape index (κ3) is 5.71.